The average Bonchev–Trinajstić information content (AvgIpc) is 3.25. The lowest BCUT2D eigenvalue weighted by atomic mass is 9.53. The summed E-state index contributed by atoms with van der Waals surface area (Å²) >= 11 is 0. The first-order chi connectivity index (χ1) is 12.0. The molecule has 0 unspecified atom stereocenters. The van der Waals surface area contributed by atoms with E-state index in [1.54, 1.807) is 12.5 Å². The van der Waals surface area contributed by atoms with Crippen LogP contribution in [-0.4, -0.2) is 22.8 Å². The third-order valence-electron chi connectivity index (χ3n) is 6.67. The minimum Gasteiger partial charge on any atom is -0.472 e. The summed E-state index contributed by atoms with van der Waals surface area (Å²) in [7, 11) is 0. The molecule has 1 spiro atoms. The normalized spacial score (nSPS) is 42.6. The maximum Gasteiger partial charge on any atom is 0.336 e. The lowest BCUT2D eigenvalue weighted by Gasteiger charge is -2.49. The van der Waals surface area contributed by atoms with Gasteiger partial charge >= 0.3 is 11.9 Å². The second kappa shape index (κ2) is 4.75. The van der Waals surface area contributed by atoms with Gasteiger partial charge in [0.15, 0.2) is 0 Å². The zero-order chi connectivity index (χ0) is 17.4. The van der Waals surface area contributed by atoms with E-state index < -0.39 is 17.2 Å². The molecular weight excluding hydrogens is 324 g/mol. The number of carbonyl (C=O) groups is 2. The summed E-state index contributed by atoms with van der Waals surface area (Å²) in [6, 6.07) is 1.81. The first-order valence-corrected chi connectivity index (χ1v) is 8.88. The quantitative estimate of drug-likeness (QED) is 0.788. The minimum atomic E-state index is -1.55. The highest BCUT2D eigenvalue weighted by atomic mass is 16.7. The molecule has 1 saturated heterocycles. The van der Waals surface area contributed by atoms with Crippen LogP contribution in [0.15, 0.2) is 34.2 Å². The number of furan rings is 1. The SMILES string of the molecule is C[C@@H]1C[C@@]2(O)OC(=O)C3=C2[C@@H](CCC3)[C@@]12C[C@@H](c1ccoc1)OC2=O. The van der Waals surface area contributed by atoms with Crippen molar-refractivity contribution in [1.82, 2.24) is 0 Å². The molecule has 5 rings (SSSR count). The Bertz CT molecular complexity index is 793. The highest BCUT2D eigenvalue weighted by Crippen LogP contribution is 2.64. The standard InChI is InChI=1S/C19H20O6/c1-10-7-19(22)15-12(16(20)25-19)3-2-4-13(15)18(10)8-14(24-17(18)21)11-5-6-23-9-11/h5-6,9-10,13-14,22H,2-4,7-8H2,1H3/t10-,13-,14+,18-,19-/m1/s1. The van der Waals surface area contributed by atoms with Gasteiger partial charge in [0.1, 0.15) is 6.10 Å². The van der Waals surface area contributed by atoms with Gasteiger partial charge in [-0.15, -0.1) is 0 Å². The third kappa shape index (κ3) is 1.78. The van der Waals surface area contributed by atoms with E-state index in [2.05, 4.69) is 0 Å². The fourth-order valence-electron chi connectivity index (χ4n) is 5.57. The van der Waals surface area contributed by atoms with Gasteiger partial charge in [-0.1, -0.05) is 6.92 Å². The molecule has 1 saturated carbocycles. The van der Waals surface area contributed by atoms with Crippen molar-refractivity contribution < 1.29 is 28.6 Å². The lowest BCUT2D eigenvalue weighted by Crippen LogP contribution is -2.54. The van der Waals surface area contributed by atoms with Gasteiger partial charge in [0, 0.05) is 35.5 Å². The molecule has 1 aromatic rings. The van der Waals surface area contributed by atoms with E-state index in [1.165, 1.54) is 0 Å². The maximum atomic E-state index is 13.1. The van der Waals surface area contributed by atoms with E-state index in [1.807, 2.05) is 13.0 Å². The first kappa shape index (κ1) is 15.2. The average molecular weight is 344 g/mol. The molecular formula is C19H20O6. The fourth-order valence-corrected chi connectivity index (χ4v) is 5.57. The molecule has 0 radical (unpaired) electrons. The van der Waals surface area contributed by atoms with Crippen LogP contribution in [0.2, 0.25) is 0 Å². The molecule has 3 heterocycles. The third-order valence-corrected chi connectivity index (χ3v) is 6.67. The Morgan fingerprint density at radius 1 is 1.28 bits per heavy atom. The van der Waals surface area contributed by atoms with Crippen molar-refractivity contribution in [2.75, 3.05) is 0 Å². The van der Waals surface area contributed by atoms with Gasteiger partial charge in [0.05, 0.1) is 17.9 Å². The van der Waals surface area contributed by atoms with Crippen LogP contribution in [0, 0.1) is 17.3 Å². The Labute approximate surface area is 144 Å². The predicted octanol–water partition coefficient (Wildman–Crippen LogP) is 2.64. The van der Waals surface area contributed by atoms with Crippen molar-refractivity contribution in [3.8, 4) is 0 Å². The Hall–Kier alpha value is -2.08. The van der Waals surface area contributed by atoms with Gasteiger partial charge in [-0.3, -0.25) is 4.79 Å². The Kier molecular flexibility index (Phi) is 2.89. The van der Waals surface area contributed by atoms with Crippen LogP contribution in [0.4, 0.5) is 0 Å². The number of cyclic esters (lactones) is 1. The minimum absolute atomic E-state index is 0.152. The first-order valence-electron chi connectivity index (χ1n) is 8.88. The van der Waals surface area contributed by atoms with Gasteiger partial charge in [-0.05, 0) is 31.2 Å². The fraction of sp³-hybridized carbons (Fsp3) is 0.579. The predicted molar refractivity (Wildman–Crippen MR) is 83.8 cm³/mol. The van der Waals surface area contributed by atoms with Crippen LogP contribution in [0.25, 0.3) is 0 Å². The second-order valence-corrected chi connectivity index (χ2v) is 7.81. The van der Waals surface area contributed by atoms with E-state index in [9.17, 15) is 14.7 Å². The smallest absolute Gasteiger partial charge is 0.336 e. The Morgan fingerprint density at radius 3 is 2.88 bits per heavy atom. The van der Waals surface area contributed by atoms with Gasteiger partial charge in [0.25, 0.3) is 0 Å². The Morgan fingerprint density at radius 2 is 2.12 bits per heavy atom. The summed E-state index contributed by atoms with van der Waals surface area (Å²) in [5.74, 6) is -2.56. The van der Waals surface area contributed by atoms with Gasteiger partial charge in [-0.2, -0.15) is 0 Å². The number of aliphatic hydroxyl groups is 1. The van der Waals surface area contributed by atoms with E-state index in [0.717, 1.165) is 18.4 Å². The molecule has 2 fully saturated rings. The van der Waals surface area contributed by atoms with E-state index in [4.69, 9.17) is 13.9 Å². The molecule has 0 aromatic carbocycles. The largest absolute Gasteiger partial charge is 0.472 e. The lowest BCUT2D eigenvalue weighted by molar-refractivity contribution is -0.205. The highest BCUT2D eigenvalue weighted by Gasteiger charge is 2.68. The maximum absolute atomic E-state index is 13.1. The number of ether oxygens (including phenoxy) is 2. The number of fused-ring (bicyclic) bond motifs is 1. The summed E-state index contributed by atoms with van der Waals surface area (Å²) < 4.78 is 16.2. The number of hydrogen-bond acceptors (Lipinski definition) is 6. The topological polar surface area (TPSA) is 86.0 Å². The van der Waals surface area contributed by atoms with Crippen LogP contribution >= 0.6 is 0 Å². The van der Waals surface area contributed by atoms with Crippen molar-refractivity contribution in [3.05, 3.63) is 35.3 Å². The molecule has 6 heteroatoms. The van der Waals surface area contributed by atoms with Crippen molar-refractivity contribution in [2.45, 2.75) is 50.9 Å². The van der Waals surface area contributed by atoms with Gasteiger partial charge < -0.3 is 19.0 Å². The van der Waals surface area contributed by atoms with E-state index in [0.29, 0.717) is 24.0 Å². The van der Waals surface area contributed by atoms with E-state index >= 15 is 0 Å². The monoisotopic (exact) mass is 344 g/mol. The van der Waals surface area contributed by atoms with Crippen LogP contribution < -0.4 is 0 Å². The van der Waals surface area contributed by atoms with Crippen molar-refractivity contribution in [3.63, 3.8) is 0 Å². The molecule has 1 N–H and O–H groups in total. The van der Waals surface area contributed by atoms with Crippen LogP contribution in [0.1, 0.15) is 50.7 Å². The van der Waals surface area contributed by atoms with Crippen molar-refractivity contribution in [2.24, 2.45) is 17.3 Å². The van der Waals surface area contributed by atoms with Gasteiger partial charge in [-0.25, -0.2) is 4.79 Å². The molecule has 2 aliphatic carbocycles. The highest BCUT2D eigenvalue weighted by molar-refractivity contribution is 5.94. The summed E-state index contributed by atoms with van der Waals surface area (Å²) in [6.45, 7) is 1.95. The molecule has 0 amide bonds. The zero-order valence-electron chi connectivity index (χ0n) is 14.0. The molecule has 132 valence electrons. The number of carbonyl (C=O) groups excluding carboxylic acids is 2. The summed E-state index contributed by atoms with van der Waals surface area (Å²) in [5, 5.41) is 11.0. The molecule has 1 aromatic heterocycles. The number of rotatable bonds is 1. The van der Waals surface area contributed by atoms with Crippen LogP contribution in [0.3, 0.4) is 0 Å². The number of esters is 2. The zero-order valence-corrected chi connectivity index (χ0v) is 14.0. The molecule has 25 heavy (non-hydrogen) atoms. The molecule has 4 aliphatic rings. The number of hydrogen-bond donors (Lipinski definition) is 1. The molecule has 5 atom stereocenters. The summed E-state index contributed by atoms with van der Waals surface area (Å²) in [6.07, 6.45) is 5.79. The van der Waals surface area contributed by atoms with Crippen LogP contribution in [0.5, 0.6) is 0 Å². The summed E-state index contributed by atoms with van der Waals surface area (Å²) in [5.41, 5.74) is 1.35. The van der Waals surface area contributed by atoms with E-state index in [-0.39, 0.29) is 30.3 Å². The second-order valence-electron chi connectivity index (χ2n) is 7.81. The summed E-state index contributed by atoms with van der Waals surface area (Å²) in [4.78, 5) is 25.3. The molecule has 0 bridgehead atoms. The molecule has 2 aliphatic heterocycles. The van der Waals surface area contributed by atoms with Crippen molar-refractivity contribution >= 4 is 11.9 Å². The van der Waals surface area contributed by atoms with Crippen molar-refractivity contribution in [1.29, 1.82) is 0 Å². The molecule has 6 nitrogen and oxygen atoms in total. The Balaban J connectivity index is 1.62. The van der Waals surface area contributed by atoms with Crippen LogP contribution in [-0.2, 0) is 19.1 Å². The van der Waals surface area contributed by atoms with Gasteiger partial charge in [0.2, 0.25) is 5.79 Å².